The van der Waals surface area contributed by atoms with Crippen LogP contribution < -0.4 is 0 Å². The summed E-state index contributed by atoms with van der Waals surface area (Å²) in [6, 6.07) is 0. The Labute approximate surface area is 73.1 Å². The highest BCUT2D eigenvalue weighted by molar-refractivity contribution is 6.34. The van der Waals surface area contributed by atoms with Crippen molar-refractivity contribution in [2.24, 2.45) is 0 Å². The van der Waals surface area contributed by atoms with Crippen LogP contribution in [0.5, 0.6) is 0 Å². The molecule has 0 atom stereocenters. The molecule has 0 radical (unpaired) electrons. The van der Waals surface area contributed by atoms with Crippen molar-refractivity contribution in [1.82, 2.24) is 9.80 Å². The molecule has 1 amide bonds. The fourth-order valence-corrected chi connectivity index (χ4v) is 0.720. The molecule has 0 unspecified atom stereocenters. The van der Waals surface area contributed by atoms with Crippen molar-refractivity contribution >= 4 is 11.7 Å². The highest BCUT2D eigenvalue weighted by atomic mass is 16.2. The Morgan fingerprint density at radius 3 is 1.92 bits per heavy atom. The number of hydrogen-bond acceptors (Lipinski definition) is 3. The van der Waals surface area contributed by atoms with E-state index < -0.39 is 11.7 Å². The van der Waals surface area contributed by atoms with E-state index in [-0.39, 0.29) is 0 Å². The molecule has 0 N–H and O–H groups in total. The van der Waals surface area contributed by atoms with E-state index >= 15 is 0 Å². The predicted octanol–water partition coefficient (Wildman–Crippen LogP) is -0.405. The van der Waals surface area contributed by atoms with Gasteiger partial charge in [-0.15, -0.1) is 0 Å². The molecule has 0 rings (SSSR count). The first-order valence-corrected chi connectivity index (χ1v) is 3.86. The van der Waals surface area contributed by atoms with E-state index in [0.29, 0.717) is 6.54 Å². The minimum Gasteiger partial charge on any atom is -0.338 e. The van der Waals surface area contributed by atoms with Gasteiger partial charge in [0.05, 0.1) is 0 Å². The van der Waals surface area contributed by atoms with Gasteiger partial charge >= 0.3 is 0 Å². The topological polar surface area (TPSA) is 40.6 Å². The lowest BCUT2D eigenvalue weighted by atomic mass is 10.4. The van der Waals surface area contributed by atoms with Gasteiger partial charge in [0.15, 0.2) is 0 Å². The van der Waals surface area contributed by atoms with Gasteiger partial charge in [0.2, 0.25) is 5.78 Å². The smallest absolute Gasteiger partial charge is 0.289 e. The molecule has 0 aliphatic heterocycles. The molecule has 0 heterocycles. The summed E-state index contributed by atoms with van der Waals surface area (Å²) in [5.41, 5.74) is 0. The Hall–Kier alpha value is -0.900. The van der Waals surface area contributed by atoms with Gasteiger partial charge in [-0.2, -0.15) is 0 Å². The van der Waals surface area contributed by atoms with Crippen LogP contribution in [0, 0.1) is 0 Å². The number of hydrogen-bond donors (Lipinski definition) is 0. The maximum atomic E-state index is 11.0. The standard InChI is InChI=1S/C8H16N2O2/c1-7(11)8(12)10(4)6-5-9(2)3/h5-6H2,1-4H3. The number of rotatable bonds is 4. The van der Waals surface area contributed by atoms with Crippen molar-refractivity contribution in [2.45, 2.75) is 6.92 Å². The molecule has 70 valence electrons. The Morgan fingerprint density at radius 2 is 1.58 bits per heavy atom. The van der Waals surface area contributed by atoms with Crippen molar-refractivity contribution in [3.8, 4) is 0 Å². The molecule has 0 aromatic rings. The maximum absolute atomic E-state index is 11.0. The Balaban J connectivity index is 3.80. The molecule has 0 bridgehead atoms. The minimum absolute atomic E-state index is 0.406. The van der Waals surface area contributed by atoms with Gasteiger partial charge < -0.3 is 9.80 Å². The van der Waals surface area contributed by atoms with Crippen molar-refractivity contribution in [3.05, 3.63) is 0 Å². The van der Waals surface area contributed by atoms with Crippen LogP contribution in [0.1, 0.15) is 6.92 Å². The number of Topliss-reactive ketones (excluding diaryl/α,β-unsaturated/α-hetero) is 1. The zero-order valence-electron chi connectivity index (χ0n) is 8.13. The molecule has 0 aromatic carbocycles. The summed E-state index contributed by atoms with van der Waals surface area (Å²) in [5, 5.41) is 0. The molecule has 0 aliphatic rings. The second-order valence-corrected chi connectivity index (χ2v) is 3.09. The first-order valence-electron chi connectivity index (χ1n) is 3.86. The molecule has 0 fully saturated rings. The minimum atomic E-state index is -0.420. The van der Waals surface area contributed by atoms with Crippen LogP contribution >= 0.6 is 0 Å². The molecule has 0 saturated carbocycles. The van der Waals surface area contributed by atoms with Crippen LogP contribution in [0.2, 0.25) is 0 Å². The number of likely N-dealkylation sites (N-methyl/N-ethyl adjacent to an activating group) is 2. The summed E-state index contributed by atoms with van der Waals surface area (Å²) < 4.78 is 0. The van der Waals surface area contributed by atoms with Crippen LogP contribution in [-0.2, 0) is 9.59 Å². The fourth-order valence-electron chi connectivity index (χ4n) is 0.720. The lowest BCUT2D eigenvalue weighted by Gasteiger charge is -2.17. The summed E-state index contributed by atoms with van der Waals surface area (Å²) in [5.74, 6) is -0.826. The van der Waals surface area contributed by atoms with Gasteiger partial charge in [-0.3, -0.25) is 9.59 Å². The molecular weight excluding hydrogens is 156 g/mol. The second kappa shape index (κ2) is 4.87. The van der Waals surface area contributed by atoms with Crippen LogP contribution in [-0.4, -0.2) is 55.7 Å². The Morgan fingerprint density at radius 1 is 1.08 bits per heavy atom. The van der Waals surface area contributed by atoms with E-state index in [9.17, 15) is 9.59 Å². The zero-order valence-corrected chi connectivity index (χ0v) is 8.13. The Kier molecular flexibility index (Phi) is 4.51. The van der Waals surface area contributed by atoms with E-state index in [1.807, 2.05) is 19.0 Å². The van der Waals surface area contributed by atoms with Gasteiger partial charge in [-0.05, 0) is 14.1 Å². The molecule has 0 aromatic heterocycles. The number of nitrogens with zero attached hydrogens (tertiary/aromatic N) is 2. The predicted molar refractivity (Wildman–Crippen MR) is 46.9 cm³/mol. The third-order valence-corrected chi connectivity index (χ3v) is 1.53. The normalized spacial score (nSPS) is 10.1. The largest absolute Gasteiger partial charge is 0.338 e. The molecule has 4 heteroatoms. The molecule has 0 saturated heterocycles. The van der Waals surface area contributed by atoms with Gasteiger partial charge in [0.1, 0.15) is 0 Å². The first-order chi connectivity index (χ1) is 5.45. The molecule has 0 spiro atoms. The van der Waals surface area contributed by atoms with Crippen LogP contribution in [0.3, 0.4) is 0 Å². The average Bonchev–Trinajstić information content (AvgIpc) is 1.98. The van der Waals surface area contributed by atoms with Gasteiger partial charge in [-0.1, -0.05) is 0 Å². The highest BCUT2D eigenvalue weighted by Gasteiger charge is 2.12. The van der Waals surface area contributed by atoms with Gasteiger partial charge in [0, 0.05) is 27.1 Å². The molecule has 4 nitrogen and oxygen atoms in total. The Bertz CT molecular complexity index is 178. The van der Waals surface area contributed by atoms with Crippen molar-refractivity contribution in [2.75, 3.05) is 34.2 Å². The lowest BCUT2D eigenvalue weighted by Crippen LogP contribution is -2.36. The van der Waals surface area contributed by atoms with E-state index in [2.05, 4.69) is 0 Å². The highest BCUT2D eigenvalue weighted by Crippen LogP contribution is 1.86. The summed E-state index contributed by atoms with van der Waals surface area (Å²) in [4.78, 5) is 25.0. The summed E-state index contributed by atoms with van der Waals surface area (Å²) in [6.45, 7) is 2.65. The zero-order chi connectivity index (χ0) is 9.72. The van der Waals surface area contributed by atoms with Crippen molar-refractivity contribution in [3.63, 3.8) is 0 Å². The van der Waals surface area contributed by atoms with Crippen LogP contribution in [0.15, 0.2) is 0 Å². The van der Waals surface area contributed by atoms with Crippen molar-refractivity contribution in [1.29, 1.82) is 0 Å². The monoisotopic (exact) mass is 172 g/mol. The van der Waals surface area contributed by atoms with E-state index in [0.717, 1.165) is 6.54 Å². The summed E-state index contributed by atoms with van der Waals surface area (Å²) in [6.07, 6.45) is 0. The molecular formula is C8H16N2O2. The van der Waals surface area contributed by atoms with E-state index in [4.69, 9.17) is 0 Å². The van der Waals surface area contributed by atoms with E-state index in [1.165, 1.54) is 11.8 Å². The van der Waals surface area contributed by atoms with Crippen LogP contribution in [0.4, 0.5) is 0 Å². The van der Waals surface area contributed by atoms with E-state index in [1.54, 1.807) is 7.05 Å². The fraction of sp³-hybridized carbons (Fsp3) is 0.750. The molecule has 12 heavy (non-hydrogen) atoms. The third-order valence-electron chi connectivity index (χ3n) is 1.53. The first kappa shape index (κ1) is 11.1. The quantitative estimate of drug-likeness (QED) is 0.541. The van der Waals surface area contributed by atoms with Gasteiger partial charge in [0.25, 0.3) is 5.91 Å². The van der Waals surface area contributed by atoms with Gasteiger partial charge in [-0.25, -0.2) is 0 Å². The summed E-state index contributed by atoms with van der Waals surface area (Å²) in [7, 11) is 5.48. The maximum Gasteiger partial charge on any atom is 0.289 e. The van der Waals surface area contributed by atoms with Crippen LogP contribution in [0.25, 0.3) is 0 Å². The number of carbonyl (C=O) groups is 2. The summed E-state index contributed by atoms with van der Waals surface area (Å²) >= 11 is 0. The third kappa shape index (κ3) is 4.08. The number of ketones is 1. The SMILES string of the molecule is CC(=O)C(=O)N(C)CCN(C)C. The van der Waals surface area contributed by atoms with Crippen molar-refractivity contribution < 1.29 is 9.59 Å². The second-order valence-electron chi connectivity index (χ2n) is 3.09. The average molecular weight is 172 g/mol. The molecule has 0 aliphatic carbocycles. The number of carbonyl (C=O) groups excluding carboxylic acids is 2. The number of amides is 1. The lowest BCUT2D eigenvalue weighted by molar-refractivity contribution is -0.142.